The maximum Gasteiger partial charge on any atom is 0.0762 e. The molecule has 0 saturated carbocycles. The predicted molar refractivity (Wildman–Crippen MR) is 81.1 cm³/mol. The second-order valence-corrected chi connectivity index (χ2v) is 5.41. The number of nitrogens with one attached hydrogen (secondary N) is 1. The summed E-state index contributed by atoms with van der Waals surface area (Å²) in [4.78, 5) is 2.38. The van der Waals surface area contributed by atoms with Gasteiger partial charge in [0.2, 0.25) is 0 Å². The van der Waals surface area contributed by atoms with Crippen molar-refractivity contribution in [2.45, 2.75) is 32.4 Å². The van der Waals surface area contributed by atoms with E-state index in [1.54, 1.807) is 7.11 Å². The number of ether oxygens (including phenoxy) is 1. The summed E-state index contributed by atoms with van der Waals surface area (Å²) in [5.41, 5.74) is 2.45. The van der Waals surface area contributed by atoms with Crippen molar-refractivity contribution in [1.29, 1.82) is 0 Å². The van der Waals surface area contributed by atoms with E-state index in [1.165, 1.54) is 11.3 Å². The van der Waals surface area contributed by atoms with Crippen LogP contribution in [0, 0.1) is 0 Å². The van der Waals surface area contributed by atoms with Gasteiger partial charge >= 0.3 is 0 Å². The number of hydrogen-bond acceptors (Lipinski definition) is 3. The fourth-order valence-electron chi connectivity index (χ4n) is 2.55. The van der Waals surface area contributed by atoms with E-state index in [4.69, 9.17) is 16.3 Å². The number of benzene rings is 1. The van der Waals surface area contributed by atoms with Crippen LogP contribution >= 0.6 is 11.6 Å². The average Bonchev–Trinajstić information content (AvgIpc) is 2.89. The number of methoxy groups -OCH3 is 1. The minimum atomic E-state index is 0.343. The van der Waals surface area contributed by atoms with Gasteiger partial charge in [0.15, 0.2) is 0 Å². The Kier molecular flexibility index (Phi) is 5.49. The van der Waals surface area contributed by atoms with Gasteiger partial charge in [-0.3, -0.25) is 0 Å². The first-order valence-corrected chi connectivity index (χ1v) is 7.40. The van der Waals surface area contributed by atoms with Crippen molar-refractivity contribution in [1.82, 2.24) is 5.32 Å². The third-order valence-corrected chi connectivity index (χ3v) is 4.00. The van der Waals surface area contributed by atoms with Gasteiger partial charge in [-0.2, -0.15) is 0 Å². The average molecular weight is 283 g/mol. The lowest BCUT2D eigenvalue weighted by atomic mass is 10.1. The minimum absolute atomic E-state index is 0.343. The van der Waals surface area contributed by atoms with Crippen molar-refractivity contribution >= 4 is 17.3 Å². The molecule has 106 valence electrons. The lowest BCUT2D eigenvalue weighted by molar-refractivity contribution is 0.121. The highest BCUT2D eigenvalue weighted by Gasteiger charge is 2.24. The van der Waals surface area contributed by atoms with Gasteiger partial charge in [0, 0.05) is 43.0 Å². The van der Waals surface area contributed by atoms with E-state index in [2.05, 4.69) is 23.2 Å². The van der Waals surface area contributed by atoms with Gasteiger partial charge < -0.3 is 15.0 Å². The van der Waals surface area contributed by atoms with Crippen molar-refractivity contribution in [3.05, 3.63) is 28.8 Å². The molecular formula is C15H23ClN2O. The van der Waals surface area contributed by atoms with Crippen LogP contribution in [0.15, 0.2) is 18.2 Å². The topological polar surface area (TPSA) is 24.5 Å². The summed E-state index contributed by atoms with van der Waals surface area (Å²) in [5, 5.41) is 4.29. The van der Waals surface area contributed by atoms with Crippen LogP contribution in [0.2, 0.25) is 5.02 Å². The van der Waals surface area contributed by atoms with Gasteiger partial charge in [-0.1, -0.05) is 24.6 Å². The zero-order valence-electron chi connectivity index (χ0n) is 11.8. The molecule has 1 heterocycles. The highest BCUT2D eigenvalue weighted by molar-refractivity contribution is 6.31. The molecule has 0 aliphatic carbocycles. The van der Waals surface area contributed by atoms with Crippen LogP contribution in [0.4, 0.5) is 5.69 Å². The van der Waals surface area contributed by atoms with E-state index < -0.39 is 0 Å². The van der Waals surface area contributed by atoms with Gasteiger partial charge in [-0.25, -0.2) is 0 Å². The fourth-order valence-corrected chi connectivity index (χ4v) is 2.78. The largest absolute Gasteiger partial charge is 0.380 e. The molecule has 1 aromatic rings. The van der Waals surface area contributed by atoms with E-state index in [0.717, 1.165) is 44.0 Å². The van der Waals surface area contributed by atoms with Crippen LogP contribution in [0.5, 0.6) is 0 Å². The van der Waals surface area contributed by atoms with Gasteiger partial charge in [-0.15, -0.1) is 0 Å². The lowest BCUT2D eigenvalue weighted by Gasteiger charge is -2.23. The number of anilines is 1. The first kappa shape index (κ1) is 14.6. The maximum atomic E-state index is 6.36. The van der Waals surface area contributed by atoms with Crippen molar-refractivity contribution in [3.63, 3.8) is 0 Å². The lowest BCUT2D eigenvalue weighted by Crippen LogP contribution is -2.25. The number of hydrogen-bond donors (Lipinski definition) is 1. The first-order chi connectivity index (χ1) is 9.26. The van der Waals surface area contributed by atoms with Crippen LogP contribution < -0.4 is 10.2 Å². The molecule has 1 atom stereocenters. The summed E-state index contributed by atoms with van der Waals surface area (Å²) in [6, 6.07) is 6.16. The zero-order valence-corrected chi connectivity index (χ0v) is 12.5. The molecule has 1 aliphatic heterocycles. The molecule has 2 rings (SSSR count). The Labute approximate surface area is 120 Å². The SMILES string of the molecule is CCCNCc1c(Cl)cccc1N1CCC(OC)C1. The third kappa shape index (κ3) is 3.62. The molecule has 0 spiro atoms. The Morgan fingerprint density at radius 1 is 1.47 bits per heavy atom. The summed E-state index contributed by atoms with van der Waals surface area (Å²) in [6.07, 6.45) is 2.57. The highest BCUT2D eigenvalue weighted by Crippen LogP contribution is 2.30. The smallest absolute Gasteiger partial charge is 0.0762 e. The molecular weight excluding hydrogens is 260 g/mol. The second kappa shape index (κ2) is 7.13. The fraction of sp³-hybridized carbons (Fsp3) is 0.600. The Morgan fingerprint density at radius 3 is 3.00 bits per heavy atom. The monoisotopic (exact) mass is 282 g/mol. The van der Waals surface area contributed by atoms with Gasteiger partial charge in [0.05, 0.1) is 6.10 Å². The summed E-state index contributed by atoms with van der Waals surface area (Å²) < 4.78 is 5.44. The molecule has 0 aromatic heterocycles. The van der Waals surface area contributed by atoms with E-state index in [0.29, 0.717) is 6.10 Å². The van der Waals surface area contributed by atoms with Gasteiger partial charge in [0.1, 0.15) is 0 Å². The summed E-state index contributed by atoms with van der Waals surface area (Å²) in [7, 11) is 1.79. The molecule has 0 radical (unpaired) electrons. The quantitative estimate of drug-likeness (QED) is 0.812. The van der Waals surface area contributed by atoms with Crippen molar-refractivity contribution < 1.29 is 4.74 Å². The Balaban J connectivity index is 2.13. The number of rotatable bonds is 6. The van der Waals surface area contributed by atoms with E-state index in [1.807, 2.05) is 12.1 Å². The third-order valence-electron chi connectivity index (χ3n) is 3.64. The normalized spacial score (nSPS) is 19.1. The first-order valence-electron chi connectivity index (χ1n) is 7.02. The second-order valence-electron chi connectivity index (χ2n) is 5.01. The zero-order chi connectivity index (χ0) is 13.7. The van der Waals surface area contributed by atoms with Crippen LogP contribution in [0.1, 0.15) is 25.3 Å². The Hall–Kier alpha value is -0.770. The predicted octanol–water partition coefficient (Wildman–Crippen LogP) is 3.06. The summed E-state index contributed by atoms with van der Waals surface area (Å²) in [5.74, 6) is 0. The molecule has 1 unspecified atom stereocenters. The van der Waals surface area contributed by atoms with Crippen LogP contribution in [0.25, 0.3) is 0 Å². The van der Waals surface area contributed by atoms with E-state index >= 15 is 0 Å². The molecule has 0 amide bonds. The Morgan fingerprint density at radius 2 is 2.32 bits per heavy atom. The molecule has 1 aliphatic rings. The van der Waals surface area contributed by atoms with Crippen molar-refractivity contribution in [3.8, 4) is 0 Å². The maximum absolute atomic E-state index is 6.36. The van der Waals surface area contributed by atoms with E-state index in [9.17, 15) is 0 Å². The molecule has 1 fully saturated rings. The standard InChI is InChI=1S/C15H23ClN2O/c1-3-8-17-10-13-14(16)5-4-6-15(13)18-9-7-12(11-18)19-2/h4-6,12,17H,3,7-11H2,1-2H3. The number of halogens is 1. The van der Waals surface area contributed by atoms with Gasteiger partial charge in [0.25, 0.3) is 0 Å². The minimum Gasteiger partial charge on any atom is -0.380 e. The van der Waals surface area contributed by atoms with Crippen molar-refractivity contribution in [2.75, 3.05) is 31.6 Å². The molecule has 0 bridgehead atoms. The van der Waals surface area contributed by atoms with Crippen LogP contribution in [0.3, 0.4) is 0 Å². The molecule has 3 nitrogen and oxygen atoms in total. The van der Waals surface area contributed by atoms with E-state index in [-0.39, 0.29) is 0 Å². The molecule has 1 N–H and O–H groups in total. The highest BCUT2D eigenvalue weighted by atomic mass is 35.5. The molecule has 1 aromatic carbocycles. The Bertz CT molecular complexity index is 411. The summed E-state index contributed by atoms with van der Waals surface area (Å²) in [6.45, 7) is 6.02. The molecule has 4 heteroatoms. The molecule has 19 heavy (non-hydrogen) atoms. The van der Waals surface area contributed by atoms with Crippen molar-refractivity contribution in [2.24, 2.45) is 0 Å². The summed E-state index contributed by atoms with van der Waals surface area (Å²) >= 11 is 6.36. The van der Waals surface area contributed by atoms with Gasteiger partial charge in [-0.05, 0) is 31.5 Å². The van der Waals surface area contributed by atoms with Crippen LogP contribution in [-0.4, -0.2) is 32.8 Å². The molecule has 1 saturated heterocycles. The number of nitrogens with zero attached hydrogens (tertiary/aromatic N) is 1. The van der Waals surface area contributed by atoms with Crippen LogP contribution in [-0.2, 0) is 11.3 Å².